The van der Waals surface area contributed by atoms with E-state index in [1.165, 1.54) is 12.3 Å². The number of pyridine rings is 1. The molecule has 2 aromatic carbocycles. The summed E-state index contributed by atoms with van der Waals surface area (Å²) < 4.78 is 49.6. The summed E-state index contributed by atoms with van der Waals surface area (Å²) in [7, 11) is 0. The second kappa shape index (κ2) is 7.70. The van der Waals surface area contributed by atoms with Crippen LogP contribution in [0, 0.1) is 0 Å². The van der Waals surface area contributed by atoms with Crippen molar-refractivity contribution in [3.8, 4) is 17.0 Å². The van der Waals surface area contributed by atoms with Gasteiger partial charge in [0.2, 0.25) is 5.88 Å². The zero-order chi connectivity index (χ0) is 21.4. The molecule has 0 bridgehead atoms. The molecule has 4 aromatic rings. The first-order chi connectivity index (χ1) is 15.0. The van der Waals surface area contributed by atoms with Crippen LogP contribution < -0.4 is 4.74 Å². The highest BCUT2D eigenvalue weighted by Crippen LogP contribution is 2.33. The molecule has 0 N–H and O–H groups in total. The van der Waals surface area contributed by atoms with Gasteiger partial charge in [0, 0.05) is 17.8 Å². The van der Waals surface area contributed by atoms with E-state index in [0.29, 0.717) is 13.2 Å². The van der Waals surface area contributed by atoms with Crippen LogP contribution in [0.5, 0.6) is 5.88 Å². The van der Waals surface area contributed by atoms with Crippen molar-refractivity contribution < 1.29 is 22.6 Å². The molecule has 0 aliphatic carbocycles. The van der Waals surface area contributed by atoms with Gasteiger partial charge in [0.15, 0.2) is 6.61 Å². The number of halogens is 3. The van der Waals surface area contributed by atoms with Gasteiger partial charge in [-0.3, -0.25) is 0 Å². The van der Waals surface area contributed by atoms with Gasteiger partial charge in [-0.05, 0) is 29.3 Å². The van der Waals surface area contributed by atoms with Gasteiger partial charge >= 0.3 is 6.18 Å². The summed E-state index contributed by atoms with van der Waals surface area (Å²) >= 11 is 0. The molecule has 5 rings (SSSR count). The first-order valence-corrected chi connectivity index (χ1v) is 9.77. The van der Waals surface area contributed by atoms with Crippen LogP contribution in [0.2, 0.25) is 0 Å². The molecule has 0 saturated carbocycles. The fraction of sp³-hybridized carbons (Fsp3) is 0.217. The molecule has 0 amide bonds. The normalized spacial score (nSPS) is 16.3. The predicted molar refractivity (Wildman–Crippen MR) is 109 cm³/mol. The van der Waals surface area contributed by atoms with Crippen LogP contribution in [0.15, 0.2) is 66.9 Å². The summed E-state index contributed by atoms with van der Waals surface area (Å²) in [6, 6.07) is 19.2. The van der Waals surface area contributed by atoms with E-state index in [1.807, 2.05) is 36.4 Å². The average Bonchev–Trinajstić information content (AvgIpc) is 3.16. The highest BCUT2D eigenvalue weighted by Gasteiger charge is 2.29. The molecule has 0 radical (unpaired) electrons. The zero-order valence-electron chi connectivity index (χ0n) is 16.3. The second-order valence-corrected chi connectivity index (χ2v) is 7.33. The molecule has 0 spiro atoms. The van der Waals surface area contributed by atoms with Gasteiger partial charge in [0.05, 0.1) is 23.7 Å². The summed E-state index contributed by atoms with van der Waals surface area (Å²) in [6.07, 6.45) is -2.89. The van der Waals surface area contributed by atoms with Crippen LogP contribution >= 0.6 is 0 Å². The third kappa shape index (κ3) is 3.98. The molecular formula is C23H18F3N3O2. The first kappa shape index (κ1) is 19.6. The summed E-state index contributed by atoms with van der Waals surface area (Å²) in [5.41, 5.74) is 4.65. The van der Waals surface area contributed by atoms with E-state index in [0.717, 1.165) is 33.5 Å². The van der Waals surface area contributed by atoms with Crippen molar-refractivity contribution in [2.75, 3.05) is 13.2 Å². The summed E-state index contributed by atoms with van der Waals surface area (Å²) in [6.45, 7) is -0.365. The molecule has 1 atom stereocenters. The lowest BCUT2D eigenvalue weighted by atomic mass is 10.0. The smallest absolute Gasteiger partial charge is 0.422 e. The maximum Gasteiger partial charge on any atom is 0.422 e. The molecular weight excluding hydrogens is 407 g/mol. The number of benzene rings is 2. The Bertz CT molecular complexity index is 1200. The Balaban J connectivity index is 1.49. The third-order valence-electron chi connectivity index (χ3n) is 5.22. The van der Waals surface area contributed by atoms with E-state index in [-0.39, 0.29) is 11.9 Å². The van der Waals surface area contributed by atoms with Crippen molar-refractivity contribution in [3.63, 3.8) is 0 Å². The minimum Gasteiger partial charge on any atom is -0.468 e. The van der Waals surface area contributed by atoms with E-state index in [2.05, 4.69) is 21.7 Å². The van der Waals surface area contributed by atoms with Crippen molar-refractivity contribution in [2.24, 2.45) is 0 Å². The molecule has 1 aliphatic heterocycles. The Morgan fingerprint density at radius 2 is 1.84 bits per heavy atom. The van der Waals surface area contributed by atoms with Crippen LogP contribution in [-0.2, 0) is 11.3 Å². The number of fused-ring (bicyclic) bond motifs is 3. The lowest BCUT2D eigenvalue weighted by Gasteiger charge is -2.26. The quantitative estimate of drug-likeness (QED) is 0.453. The van der Waals surface area contributed by atoms with Gasteiger partial charge in [-0.15, -0.1) is 0 Å². The van der Waals surface area contributed by atoms with Crippen LogP contribution in [0.4, 0.5) is 13.2 Å². The number of nitrogens with zero attached hydrogens (tertiary/aromatic N) is 3. The highest BCUT2D eigenvalue weighted by molar-refractivity contribution is 5.83. The maximum absolute atomic E-state index is 12.3. The largest absolute Gasteiger partial charge is 0.468 e. The van der Waals surface area contributed by atoms with Gasteiger partial charge in [-0.1, -0.05) is 36.4 Å². The van der Waals surface area contributed by atoms with Crippen molar-refractivity contribution in [1.29, 1.82) is 0 Å². The molecule has 1 aliphatic rings. The van der Waals surface area contributed by atoms with Crippen LogP contribution in [-0.4, -0.2) is 33.9 Å². The van der Waals surface area contributed by atoms with E-state index < -0.39 is 12.8 Å². The van der Waals surface area contributed by atoms with Crippen molar-refractivity contribution >= 4 is 11.0 Å². The van der Waals surface area contributed by atoms with Crippen LogP contribution in [0.1, 0.15) is 17.4 Å². The maximum atomic E-state index is 12.3. The number of alkyl halides is 3. The number of rotatable bonds is 4. The fourth-order valence-corrected chi connectivity index (χ4v) is 3.82. The lowest BCUT2D eigenvalue weighted by molar-refractivity contribution is -0.154. The van der Waals surface area contributed by atoms with Gasteiger partial charge < -0.3 is 14.0 Å². The van der Waals surface area contributed by atoms with Gasteiger partial charge in [0.1, 0.15) is 12.4 Å². The Kier molecular flexibility index (Phi) is 4.86. The Morgan fingerprint density at radius 1 is 1.03 bits per heavy atom. The fourth-order valence-electron chi connectivity index (χ4n) is 3.82. The lowest BCUT2D eigenvalue weighted by Crippen LogP contribution is -2.24. The third-order valence-corrected chi connectivity index (χ3v) is 5.22. The van der Waals surface area contributed by atoms with E-state index in [4.69, 9.17) is 14.5 Å². The molecule has 5 nitrogen and oxygen atoms in total. The standard InChI is InChI=1S/C23H18F3N3O2/c24-23(25,26)14-31-22-9-7-17(11-27-22)16-6-8-18-19(10-16)29-20(12-30-13-21(29)28-18)15-4-2-1-3-5-15/h1-11,20H,12-14H2. The van der Waals surface area contributed by atoms with Crippen molar-refractivity contribution in [3.05, 3.63) is 78.2 Å². The SMILES string of the molecule is FC(F)(F)COc1ccc(-c2ccc3nc4n(c3c2)C(c2ccccc2)COC4)cn1. The molecule has 8 heteroatoms. The predicted octanol–water partition coefficient (Wildman–Crippen LogP) is 5.16. The summed E-state index contributed by atoms with van der Waals surface area (Å²) in [4.78, 5) is 8.73. The van der Waals surface area contributed by atoms with Gasteiger partial charge in [0.25, 0.3) is 0 Å². The second-order valence-electron chi connectivity index (χ2n) is 7.33. The number of imidazole rings is 1. The summed E-state index contributed by atoms with van der Waals surface area (Å²) in [5.74, 6) is 0.798. The molecule has 31 heavy (non-hydrogen) atoms. The monoisotopic (exact) mass is 425 g/mol. The average molecular weight is 425 g/mol. The zero-order valence-corrected chi connectivity index (χ0v) is 16.3. The Hall–Kier alpha value is -3.39. The Morgan fingerprint density at radius 3 is 2.58 bits per heavy atom. The van der Waals surface area contributed by atoms with Crippen molar-refractivity contribution in [2.45, 2.75) is 18.8 Å². The molecule has 0 saturated heterocycles. The molecule has 2 aromatic heterocycles. The van der Waals surface area contributed by atoms with Crippen LogP contribution in [0.3, 0.4) is 0 Å². The van der Waals surface area contributed by atoms with Crippen LogP contribution in [0.25, 0.3) is 22.2 Å². The number of hydrogen-bond acceptors (Lipinski definition) is 4. The molecule has 158 valence electrons. The van der Waals surface area contributed by atoms with E-state index in [9.17, 15) is 13.2 Å². The van der Waals surface area contributed by atoms with Crippen molar-refractivity contribution in [1.82, 2.24) is 14.5 Å². The molecule has 3 heterocycles. The first-order valence-electron chi connectivity index (χ1n) is 9.77. The highest BCUT2D eigenvalue weighted by atomic mass is 19.4. The van der Waals surface area contributed by atoms with Gasteiger partial charge in [-0.2, -0.15) is 13.2 Å². The Labute approximate surface area is 176 Å². The minimum atomic E-state index is -4.40. The number of aromatic nitrogens is 3. The molecule has 0 fully saturated rings. The minimum absolute atomic E-state index is 0.0152. The van der Waals surface area contributed by atoms with E-state index in [1.54, 1.807) is 6.07 Å². The number of hydrogen-bond donors (Lipinski definition) is 0. The van der Waals surface area contributed by atoms with Gasteiger partial charge in [-0.25, -0.2) is 9.97 Å². The summed E-state index contributed by atoms with van der Waals surface area (Å²) in [5, 5.41) is 0. The topological polar surface area (TPSA) is 49.2 Å². The number of ether oxygens (including phenoxy) is 2. The molecule has 1 unspecified atom stereocenters. The van der Waals surface area contributed by atoms with E-state index >= 15 is 0 Å².